The number of ether oxygens (including phenoxy) is 1. The van der Waals surface area contributed by atoms with Gasteiger partial charge in [-0.1, -0.05) is 6.07 Å². The summed E-state index contributed by atoms with van der Waals surface area (Å²) in [6.07, 6.45) is -0.652. The Hall–Kier alpha value is -2.67. The monoisotopic (exact) mass is 279 g/mol. The maximum Gasteiger partial charge on any atom is 0.406 e. The van der Waals surface area contributed by atoms with Crippen molar-refractivity contribution in [2.24, 2.45) is 0 Å². The first-order chi connectivity index (χ1) is 9.54. The summed E-state index contributed by atoms with van der Waals surface area (Å²) in [5.74, 6) is -3.36. The fraction of sp³-hybridized carbons (Fsp3) is 0.308. The number of hydrogen-bond donors (Lipinski definition) is 1. The molecule has 1 aromatic carbocycles. The maximum absolute atomic E-state index is 13.8. The Morgan fingerprint density at radius 2 is 2.30 bits per heavy atom. The summed E-state index contributed by atoms with van der Waals surface area (Å²) in [5.41, 5.74) is -0.400. The number of carbonyl (C=O) groups is 1. The van der Waals surface area contributed by atoms with Gasteiger partial charge >= 0.3 is 6.09 Å². The van der Waals surface area contributed by atoms with Gasteiger partial charge in [-0.3, -0.25) is 0 Å². The van der Waals surface area contributed by atoms with Crippen molar-refractivity contribution in [3.8, 4) is 6.07 Å². The van der Waals surface area contributed by atoms with Crippen LogP contribution in [0.5, 0.6) is 0 Å². The van der Waals surface area contributed by atoms with Crippen molar-refractivity contribution in [3.05, 3.63) is 40.7 Å². The Balaban J connectivity index is 2.96. The Labute approximate surface area is 114 Å². The van der Waals surface area contributed by atoms with Crippen molar-refractivity contribution < 1.29 is 18.3 Å². The fourth-order valence-corrected chi connectivity index (χ4v) is 1.65. The van der Waals surface area contributed by atoms with Crippen LogP contribution in [0.1, 0.15) is 17.9 Å². The number of benzene rings is 1. The van der Waals surface area contributed by atoms with Crippen molar-refractivity contribution in [2.45, 2.75) is 12.3 Å². The van der Waals surface area contributed by atoms with Gasteiger partial charge in [0.1, 0.15) is 0 Å². The first kappa shape index (κ1) is 15.4. The highest BCUT2D eigenvalue weighted by atomic mass is 19.2. The first-order valence-corrected chi connectivity index (χ1v) is 5.62. The van der Waals surface area contributed by atoms with E-state index in [-0.39, 0.29) is 24.2 Å². The molecule has 20 heavy (non-hydrogen) atoms. The second-order valence-electron chi connectivity index (χ2n) is 3.79. The topological polar surface area (TPSA) is 66.5 Å². The number of methoxy groups -OCH3 is 1. The van der Waals surface area contributed by atoms with Gasteiger partial charge in [0, 0.05) is 12.1 Å². The zero-order valence-corrected chi connectivity index (χ0v) is 10.6. The van der Waals surface area contributed by atoms with Crippen LogP contribution in [0.4, 0.5) is 19.3 Å². The molecule has 0 aliphatic heterocycles. The van der Waals surface area contributed by atoms with E-state index < -0.39 is 23.6 Å². The Morgan fingerprint density at radius 1 is 1.60 bits per heavy atom. The lowest BCUT2D eigenvalue weighted by atomic mass is 9.94. The highest BCUT2D eigenvalue weighted by Gasteiger charge is 2.22. The Kier molecular flexibility index (Phi) is 5.42. The smallest absolute Gasteiger partial charge is 0.406 e. The van der Waals surface area contributed by atoms with Crippen LogP contribution in [-0.4, -0.2) is 19.7 Å². The van der Waals surface area contributed by atoms with Crippen molar-refractivity contribution in [1.82, 2.24) is 5.32 Å². The van der Waals surface area contributed by atoms with Gasteiger partial charge in [-0.2, -0.15) is 5.26 Å². The van der Waals surface area contributed by atoms with Gasteiger partial charge in [-0.05, 0) is 12.5 Å². The summed E-state index contributed by atoms with van der Waals surface area (Å²) >= 11 is 0. The molecule has 0 heterocycles. The highest BCUT2D eigenvalue weighted by Crippen LogP contribution is 2.32. The summed E-state index contributed by atoms with van der Waals surface area (Å²) < 4.78 is 31.3. The van der Waals surface area contributed by atoms with Crippen LogP contribution >= 0.6 is 0 Å². The molecule has 0 aromatic heterocycles. The molecule has 1 atom stereocenters. The number of nitriles is 1. The Bertz CT molecular complexity index is 591. The van der Waals surface area contributed by atoms with Crippen LogP contribution in [0, 0.1) is 29.5 Å². The standard InChI is InChI=1S/C13H11F2N3O2/c1-17-10-4-3-9(14)12(15)11(10)8(7-16)5-6-18-13(19)20-2/h3-4,8H,5-6H2,2H3,(H,18,19). The third-order valence-electron chi connectivity index (χ3n) is 2.62. The van der Waals surface area contributed by atoms with Crippen molar-refractivity contribution in [3.63, 3.8) is 0 Å². The van der Waals surface area contributed by atoms with Crippen LogP contribution < -0.4 is 5.32 Å². The van der Waals surface area contributed by atoms with Gasteiger partial charge in [0.05, 0.1) is 25.7 Å². The molecule has 0 fully saturated rings. The van der Waals surface area contributed by atoms with Crippen LogP contribution in [0.25, 0.3) is 4.85 Å². The molecule has 104 valence electrons. The van der Waals surface area contributed by atoms with Crippen molar-refractivity contribution >= 4 is 11.8 Å². The van der Waals surface area contributed by atoms with Gasteiger partial charge in [-0.25, -0.2) is 18.4 Å². The SMILES string of the molecule is [C-]#[N+]c1ccc(F)c(F)c1C(C#N)CCNC(=O)OC. The van der Waals surface area contributed by atoms with E-state index in [0.717, 1.165) is 12.1 Å². The molecule has 0 bridgehead atoms. The molecule has 1 rings (SSSR count). The van der Waals surface area contributed by atoms with Gasteiger partial charge < -0.3 is 10.1 Å². The molecule has 1 unspecified atom stereocenters. The van der Waals surface area contributed by atoms with Crippen LogP contribution in [0.3, 0.4) is 0 Å². The molecule has 0 saturated heterocycles. The number of nitrogens with one attached hydrogen (secondary N) is 1. The molecule has 1 amide bonds. The van der Waals surface area contributed by atoms with Gasteiger partial charge in [0.25, 0.3) is 0 Å². The molecular formula is C13H11F2N3O2. The Morgan fingerprint density at radius 3 is 2.85 bits per heavy atom. The summed E-state index contributed by atoms with van der Waals surface area (Å²) in [6, 6.07) is 3.78. The minimum atomic E-state index is -1.21. The highest BCUT2D eigenvalue weighted by molar-refractivity contribution is 5.66. The van der Waals surface area contributed by atoms with Crippen molar-refractivity contribution in [1.29, 1.82) is 5.26 Å². The number of rotatable bonds is 4. The average molecular weight is 279 g/mol. The van der Waals surface area contributed by atoms with E-state index >= 15 is 0 Å². The number of carbonyl (C=O) groups excluding carboxylic acids is 1. The lowest BCUT2D eigenvalue weighted by Crippen LogP contribution is -2.25. The molecule has 5 nitrogen and oxygen atoms in total. The average Bonchev–Trinajstić information content (AvgIpc) is 2.46. The third kappa shape index (κ3) is 3.42. The number of hydrogen-bond acceptors (Lipinski definition) is 3. The number of amides is 1. The molecule has 0 aliphatic rings. The minimum Gasteiger partial charge on any atom is -0.453 e. The summed E-state index contributed by atoms with van der Waals surface area (Å²) in [6.45, 7) is 6.97. The zero-order valence-electron chi connectivity index (χ0n) is 10.6. The largest absolute Gasteiger partial charge is 0.453 e. The number of halogens is 2. The van der Waals surface area contributed by atoms with E-state index in [1.165, 1.54) is 7.11 Å². The second-order valence-corrected chi connectivity index (χ2v) is 3.79. The van der Waals surface area contributed by atoms with E-state index in [9.17, 15) is 13.6 Å². The molecule has 1 N–H and O–H groups in total. The van der Waals surface area contributed by atoms with Crippen LogP contribution in [0.15, 0.2) is 12.1 Å². The number of nitrogens with zero attached hydrogens (tertiary/aromatic N) is 2. The minimum absolute atomic E-state index is 0.0362. The van der Waals surface area contributed by atoms with E-state index in [0.29, 0.717) is 0 Å². The van der Waals surface area contributed by atoms with E-state index in [1.807, 2.05) is 6.07 Å². The third-order valence-corrected chi connectivity index (χ3v) is 2.62. The predicted molar refractivity (Wildman–Crippen MR) is 66.0 cm³/mol. The number of alkyl carbamates (subject to hydrolysis) is 1. The molecule has 7 heteroatoms. The van der Waals surface area contributed by atoms with E-state index in [2.05, 4.69) is 14.9 Å². The zero-order chi connectivity index (χ0) is 15.1. The van der Waals surface area contributed by atoms with Crippen LogP contribution in [0.2, 0.25) is 0 Å². The summed E-state index contributed by atoms with van der Waals surface area (Å²) in [7, 11) is 1.18. The van der Waals surface area contributed by atoms with Crippen molar-refractivity contribution in [2.75, 3.05) is 13.7 Å². The van der Waals surface area contributed by atoms with E-state index in [4.69, 9.17) is 11.8 Å². The van der Waals surface area contributed by atoms with Gasteiger partial charge in [0.15, 0.2) is 17.3 Å². The van der Waals surface area contributed by atoms with Gasteiger partial charge in [-0.15, -0.1) is 0 Å². The van der Waals surface area contributed by atoms with Crippen LogP contribution in [-0.2, 0) is 4.74 Å². The molecule has 0 aliphatic carbocycles. The lowest BCUT2D eigenvalue weighted by Gasteiger charge is -2.13. The van der Waals surface area contributed by atoms with Gasteiger partial charge in [0.2, 0.25) is 0 Å². The molecule has 0 spiro atoms. The molecule has 1 aromatic rings. The fourth-order valence-electron chi connectivity index (χ4n) is 1.65. The first-order valence-electron chi connectivity index (χ1n) is 5.62. The molecule has 0 saturated carbocycles. The van der Waals surface area contributed by atoms with E-state index in [1.54, 1.807) is 0 Å². The normalized spacial score (nSPS) is 11.1. The molecular weight excluding hydrogens is 268 g/mol. The quantitative estimate of drug-likeness (QED) is 0.862. The predicted octanol–water partition coefficient (Wildman–Crippen LogP) is 2.87. The maximum atomic E-state index is 13.8. The lowest BCUT2D eigenvalue weighted by molar-refractivity contribution is 0.171. The molecule has 0 radical (unpaired) electrons. The summed E-state index contributed by atoms with van der Waals surface area (Å²) in [5, 5.41) is 11.4. The second kappa shape index (κ2) is 7.05. The summed E-state index contributed by atoms with van der Waals surface area (Å²) in [4.78, 5) is 13.9.